The van der Waals surface area contributed by atoms with Crippen LogP contribution in [0.5, 0.6) is 0 Å². The van der Waals surface area contributed by atoms with Crippen molar-refractivity contribution in [2.75, 3.05) is 5.75 Å². The van der Waals surface area contributed by atoms with E-state index in [0.29, 0.717) is 0 Å². The molecule has 176 valence electrons. The molecule has 0 aliphatic rings. The van der Waals surface area contributed by atoms with Crippen LogP contribution in [0.15, 0.2) is 0 Å². The summed E-state index contributed by atoms with van der Waals surface area (Å²) >= 11 is 3.85. The molecule has 10 N–H and O–H groups in total. The van der Waals surface area contributed by atoms with Crippen LogP contribution < -0.4 is 33.2 Å². The van der Waals surface area contributed by atoms with Crippen molar-refractivity contribution in [3.8, 4) is 0 Å². The van der Waals surface area contributed by atoms with Gasteiger partial charge in [-0.15, -0.1) is 0 Å². The summed E-state index contributed by atoms with van der Waals surface area (Å²) in [6, 6.07) is -5.08. The van der Waals surface area contributed by atoms with Crippen LogP contribution in [0.1, 0.15) is 33.1 Å². The number of rotatable bonds is 14. The number of thiol groups is 1. The van der Waals surface area contributed by atoms with Crippen LogP contribution in [0.3, 0.4) is 0 Å². The van der Waals surface area contributed by atoms with E-state index in [-0.39, 0.29) is 18.6 Å². The molecule has 0 rings (SSSR count). The SMILES string of the molecule is CC(C)C(NC(=O)C(CC(N)=O)NC(=O)C(N)CCC(N)=O)C(=O)NC(CS)C(=O)O. The van der Waals surface area contributed by atoms with Crippen LogP contribution >= 0.6 is 12.6 Å². The molecule has 31 heavy (non-hydrogen) atoms. The Hall–Kier alpha value is -2.87. The summed E-state index contributed by atoms with van der Waals surface area (Å²) in [5.74, 6) is -6.04. The zero-order valence-corrected chi connectivity index (χ0v) is 18.2. The topological polar surface area (TPSA) is 237 Å². The van der Waals surface area contributed by atoms with E-state index in [1.165, 1.54) is 0 Å². The molecular weight excluding hydrogens is 432 g/mol. The number of carboxylic acids is 1. The van der Waals surface area contributed by atoms with Crippen LogP contribution in [0.25, 0.3) is 0 Å². The third-order valence-electron chi connectivity index (χ3n) is 4.12. The number of nitrogens with one attached hydrogen (secondary N) is 3. The second-order valence-corrected chi connectivity index (χ2v) is 7.52. The number of nitrogens with two attached hydrogens (primary N) is 3. The molecule has 0 radical (unpaired) electrons. The van der Waals surface area contributed by atoms with E-state index in [4.69, 9.17) is 22.3 Å². The third kappa shape index (κ3) is 10.6. The van der Waals surface area contributed by atoms with Crippen molar-refractivity contribution in [1.29, 1.82) is 0 Å². The normalized spacial score (nSPS) is 14.6. The van der Waals surface area contributed by atoms with Crippen molar-refractivity contribution in [3.05, 3.63) is 0 Å². The average molecular weight is 463 g/mol. The van der Waals surface area contributed by atoms with Gasteiger partial charge in [0.25, 0.3) is 0 Å². The molecule has 0 fully saturated rings. The van der Waals surface area contributed by atoms with Gasteiger partial charge in [0.15, 0.2) is 0 Å². The highest BCUT2D eigenvalue weighted by Crippen LogP contribution is 2.05. The third-order valence-corrected chi connectivity index (χ3v) is 4.49. The Morgan fingerprint density at radius 2 is 1.42 bits per heavy atom. The first-order chi connectivity index (χ1) is 14.3. The molecule has 0 aromatic rings. The Bertz CT molecular complexity index is 702. The molecule has 0 aromatic heterocycles. The molecule has 0 aliphatic carbocycles. The molecule has 0 saturated heterocycles. The predicted molar refractivity (Wildman–Crippen MR) is 112 cm³/mol. The van der Waals surface area contributed by atoms with Gasteiger partial charge < -0.3 is 38.3 Å². The van der Waals surface area contributed by atoms with Crippen molar-refractivity contribution in [1.82, 2.24) is 16.0 Å². The van der Waals surface area contributed by atoms with Gasteiger partial charge in [0, 0.05) is 12.2 Å². The molecule has 0 aromatic carbocycles. The fraction of sp³-hybridized carbons (Fsp3) is 0.647. The van der Waals surface area contributed by atoms with Gasteiger partial charge in [-0.3, -0.25) is 24.0 Å². The molecule has 0 bridgehead atoms. The Labute approximate surface area is 184 Å². The Balaban J connectivity index is 5.33. The molecule has 0 saturated carbocycles. The number of carbonyl (C=O) groups is 6. The molecule has 4 unspecified atom stereocenters. The molecular formula is C17H30N6O7S. The van der Waals surface area contributed by atoms with E-state index < -0.39 is 72.0 Å². The monoisotopic (exact) mass is 462 g/mol. The Morgan fingerprint density at radius 3 is 1.84 bits per heavy atom. The van der Waals surface area contributed by atoms with E-state index in [2.05, 4.69) is 28.6 Å². The van der Waals surface area contributed by atoms with Gasteiger partial charge in [0.2, 0.25) is 29.5 Å². The fourth-order valence-electron chi connectivity index (χ4n) is 2.35. The minimum Gasteiger partial charge on any atom is -0.480 e. The molecule has 4 atom stereocenters. The van der Waals surface area contributed by atoms with Crippen molar-refractivity contribution in [3.63, 3.8) is 0 Å². The summed E-state index contributed by atoms with van der Waals surface area (Å²) in [5.41, 5.74) is 15.8. The minimum atomic E-state index is -1.45. The van der Waals surface area contributed by atoms with Gasteiger partial charge in [-0.25, -0.2) is 4.79 Å². The number of carboxylic acid groups (broad SMARTS) is 1. The summed E-state index contributed by atoms with van der Waals surface area (Å²) in [4.78, 5) is 70.6. The van der Waals surface area contributed by atoms with Crippen molar-refractivity contribution in [2.24, 2.45) is 23.1 Å². The first-order valence-corrected chi connectivity index (χ1v) is 10.00. The molecule has 0 spiro atoms. The lowest BCUT2D eigenvalue weighted by Gasteiger charge is -2.26. The maximum atomic E-state index is 12.7. The minimum absolute atomic E-state index is 0.0800. The van der Waals surface area contributed by atoms with Crippen LogP contribution in [0.2, 0.25) is 0 Å². The summed E-state index contributed by atoms with van der Waals surface area (Å²) < 4.78 is 0. The summed E-state index contributed by atoms with van der Waals surface area (Å²) in [6.45, 7) is 3.20. The van der Waals surface area contributed by atoms with Crippen LogP contribution in [0, 0.1) is 5.92 Å². The van der Waals surface area contributed by atoms with Crippen LogP contribution in [0.4, 0.5) is 0 Å². The van der Waals surface area contributed by atoms with E-state index in [0.717, 1.165) is 0 Å². The van der Waals surface area contributed by atoms with Crippen LogP contribution in [-0.2, 0) is 28.8 Å². The molecule has 0 heterocycles. The number of primary amides is 2. The lowest BCUT2D eigenvalue weighted by Crippen LogP contribution is -2.59. The Morgan fingerprint density at radius 1 is 0.871 bits per heavy atom. The maximum Gasteiger partial charge on any atom is 0.327 e. The summed E-state index contributed by atoms with van der Waals surface area (Å²) in [6.07, 6.45) is -0.822. The van der Waals surface area contributed by atoms with E-state index in [1.54, 1.807) is 13.8 Å². The second kappa shape index (κ2) is 13.4. The molecule has 14 heteroatoms. The second-order valence-electron chi connectivity index (χ2n) is 7.16. The quantitative estimate of drug-likeness (QED) is 0.121. The standard InChI is InChI=1S/C17H30N6O7S/c1-7(2)13(16(28)22-10(6-31)17(29)30)23-15(27)9(5-12(20)25)21-14(26)8(18)3-4-11(19)24/h7-10,13,31H,3-6,18H2,1-2H3,(H2,19,24)(H2,20,25)(H,21,26)(H,22,28)(H,23,27)(H,29,30). The van der Waals surface area contributed by atoms with Gasteiger partial charge in [0.1, 0.15) is 18.1 Å². The van der Waals surface area contributed by atoms with Gasteiger partial charge in [-0.05, 0) is 12.3 Å². The number of hydrogen-bond acceptors (Lipinski definition) is 8. The Kier molecular flexibility index (Phi) is 12.2. The first kappa shape index (κ1) is 28.1. The van der Waals surface area contributed by atoms with E-state index >= 15 is 0 Å². The maximum absolute atomic E-state index is 12.7. The first-order valence-electron chi connectivity index (χ1n) is 9.37. The molecule has 5 amide bonds. The number of amides is 5. The predicted octanol–water partition coefficient (Wildman–Crippen LogP) is -3.42. The average Bonchev–Trinajstić information content (AvgIpc) is 2.66. The largest absolute Gasteiger partial charge is 0.480 e. The highest BCUT2D eigenvalue weighted by molar-refractivity contribution is 7.80. The lowest BCUT2D eigenvalue weighted by atomic mass is 10.0. The zero-order valence-electron chi connectivity index (χ0n) is 17.3. The van der Waals surface area contributed by atoms with Crippen LogP contribution in [-0.4, -0.2) is 70.5 Å². The number of carbonyl (C=O) groups excluding carboxylic acids is 5. The highest BCUT2D eigenvalue weighted by Gasteiger charge is 2.32. The van der Waals surface area contributed by atoms with E-state index in [9.17, 15) is 28.8 Å². The van der Waals surface area contributed by atoms with Gasteiger partial charge in [-0.1, -0.05) is 13.8 Å². The number of aliphatic carboxylic acids is 1. The van der Waals surface area contributed by atoms with E-state index in [1.807, 2.05) is 0 Å². The van der Waals surface area contributed by atoms with Crippen molar-refractivity contribution < 1.29 is 33.9 Å². The van der Waals surface area contributed by atoms with Crippen molar-refractivity contribution >= 4 is 48.1 Å². The smallest absolute Gasteiger partial charge is 0.327 e. The lowest BCUT2D eigenvalue weighted by molar-refractivity contribution is -0.142. The van der Waals surface area contributed by atoms with Crippen molar-refractivity contribution in [2.45, 2.75) is 57.3 Å². The van der Waals surface area contributed by atoms with Gasteiger partial charge in [0.05, 0.1) is 12.5 Å². The fourth-order valence-corrected chi connectivity index (χ4v) is 2.60. The summed E-state index contributed by atoms with van der Waals surface area (Å²) in [7, 11) is 0. The van der Waals surface area contributed by atoms with Gasteiger partial charge in [-0.2, -0.15) is 12.6 Å². The summed E-state index contributed by atoms with van der Waals surface area (Å²) in [5, 5.41) is 15.9. The zero-order chi connectivity index (χ0) is 24.3. The van der Waals surface area contributed by atoms with Gasteiger partial charge >= 0.3 is 5.97 Å². The molecule has 13 nitrogen and oxygen atoms in total. The highest BCUT2D eigenvalue weighted by atomic mass is 32.1. The number of hydrogen-bond donors (Lipinski definition) is 8. The molecule has 0 aliphatic heterocycles.